The van der Waals surface area contributed by atoms with Crippen molar-refractivity contribution in [3.8, 4) is 11.5 Å². The molecule has 0 bridgehead atoms. The number of ether oxygens (including phenoxy) is 2. The number of carbonyl (C=O) groups excluding carboxylic acids is 1. The molecule has 0 aliphatic carbocycles. The molecule has 4 rings (SSSR count). The summed E-state index contributed by atoms with van der Waals surface area (Å²) in [5.41, 5.74) is 3.10. The summed E-state index contributed by atoms with van der Waals surface area (Å²) < 4.78 is 11.2. The van der Waals surface area contributed by atoms with Crippen LogP contribution in [0, 0.1) is 0 Å². The Labute approximate surface area is 176 Å². The molecule has 2 heterocycles. The van der Waals surface area contributed by atoms with Gasteiger partial charge in [0, 0.05) is 25.4 Å². The minimum atomic E-state index is 0.219. The van der Waals surface area contributed by atoms with Crippen LogP contribution < -0.4 is 9.47 Å². The standard InChI is InChI=1S/C24H27N3O3/c1-29-22-9-5-6-10-23(22)30-17-20-15-21(26-25-20)19-13-14-27(16-19)24(28)12-11-18-7-3-2-4-8-18/h2-10,15,19H,11-14,16-17H2,1H3,(H,25,26). The topological polar surface area (TPSA) is 67.5 Å². The third kappa shape index (κ3) is 4.82. The predicted molar refractivity (Wildman–Crippen MR) is 115 cm³/mol. The average Bonchev–Trinajstić information content (AvgIpc) is 3.47. The first-order valence-corrected chi connectivity index (χ1v) is 10.3. The Morgan fingerprint density at radius 1 is 1.13 bits per heavy atom. The van der Waals surface area contributed by atoms with Crippen LogP contribution in [-0.4, -0.2) is 41.2 Å². The smallest absolute Gasteiger partial charge is 0.222 e. The zero-order chi connectivity index (χ0) is 20.8. The largest absolute Gasteiger partial charge is 0.493 e. The van der Waals surface area contributed by atoms with Crippen LogP contribution in [0.25, 0.3) is 0 Å². The van der Waals surface area contributed by atoms with Crippen LogP contribution in [0.3, 0.4) is 0 Å². The zero-order valence-electron chi connectivity index (χ0n) is 17.2. The fraction of sp³-hybridized carbons (Fsp3) is 0.333. The number of hydrogen-bond donors (Lipinski definition) is 1. The average molecular weight is 405 g/mol. The number of nitrogens with zero attached hydrogens (tertiary/aromatic N) is 2. The SMILES string of the molecule is COc1ccccc1OCc1cc(C2CCN(C(=O)CCc3ccccc3)C2)n[nH]1. The zero-order valence-corrected chi connectivity index (χ0v) is 17.2. The summed E-state index contributed by atoms with van der Waals surface area (Å²) in [5.74, 6) is 1.89. The van der Waals surface area contributed by atoms with E-state index < -0.39 is 0 Å². The van der Waals surface area contributed by atoms with Gasteiger partial charge in [-0.3, -0.25) is 9.89 Å². The fourth-order valence-corrected chi connectivity index (χ4v) is 3.84. The highest BCUT2D eigenvalue weighted by Gasteiger charge is 2.28. The number of aromatic amines is 1. The van der Waals surface area contributed by atoms with Gasteiger partial charge in [0.1, 0.15) is 6.61 Å². The summed E-state index contributed by atoms with van der Waals surface area (Å²) in [4.78, 5) is 14.6. The van der Waals surface area contributed by atoms with E-state index in [2.05, 4.69) is 22.3 Å². The van der Waals surface area contributed by atoms with Crippen molar-refractivity contribution >= 4 is 5.91 Å². The Morgan fingerprint density at radius 3 is 2.70 bits per heavy atom. The molecule has 1 N–H and O–H groups in total. The number of H-pyrrole nitrogens is 1. The molecule has 1 amide bonds. The molecule has 3 aromatic rings. The number of para-hydroxylation sites is 2. The van der Waals surface area contributed by atoms with E-state index in [4.69, 9.17) is 9.47 Å². The van der Waals surface area contributed by atoms with Gasteiger partial charge in [-0.1, -0.05) is 42.5 Å². The second-order valence-electron chi connectivity index (χ2n) is 7.57. The molecule has 1 aliphatic rings. The highest BCUT2D eigenvalue weighted by molar-refractivity contribution is 5.76. The van der Waals surface area contributed by atoms with E-state index >= 15 is 0 Å². The van der Waals surface area contributed by atoms with Crippen LogP contribution >= 0.6 is 0 Å². The summed E-state index contributed by atoms with van der Waals surface area (Å²) in [6.07, 6.45) is 2.28. The molecule has 2 aromatic carbocycles. The minimum absolute atomic E-state index is 0.219. The maximum Gasteiger partial charge on any atom is 0.222 e. The summed E-state index contributed by atoms with van der Waals surface area (Å²) in [6.45, 7) is 1.91. The van der Waals surface area contributed by atoms with Crippen LogP contribution in [0.4, 0.5) is 0 Å². The van der Waals surface area contributed by atoms with Gasteiger partial charge in [-0.2, -0.15) is 5.10 Å². The molecule has 0 saturated carbocycles. The molecule has 1 aliphatic heterocycles. The van der Waals surface area contributed by atoms with E-state index in [1.165, 1.54) is 5.56 Å². The van der Waals surface area contributed by atoms with Crippen molar-refractivity contribution in [3.63, 3.8) is 0 Å². The lowest BCUT2D eigenvalue weighted by Crippen LogP contribution is -2.28. The molecule has 6 heteroatoms. The van der Waals surface area contributed by atoms with Gasteiger partial charge < -0.3 is 14.4 Å². The van der Waals surface area contributed by atoms with Crippen molar-refractivity contribution in [2.45, 2.75) is 31.8 Å². The quantitative estimate of drug-likeness (QED) is 0.616. The van der Waals surface area contributed by atoms with Gasteiger partial charge in [-0.15, -0.1) is 0 Å². The van der Waals surface area contributed by atoms with Crippen molar-refractivity contribution in [1.29, 1.82) is 0 Å². The van der Waals surface area contributed by atoms with Gasteiger partial charge in [0.15, 0.2) is 11.5 Å². The highest BCUT2D eigenvalue weighted by atomic mass is 16.5. The molecule has 6 nitrogen and oxygen atoms in total. The van der Waals surface area contributed by atoms with Crippen LogP contribution in [0.5, 0.6) is 11.5 Å². The molecular weight excluding hydrogens is 378 g/mol. The molecule has 156 valence electrons. The van der Waals surface area contributed by atoms with Crippen molar-refractivity contribution < 1.29 is 14.3 Å². The summed E-state index contributed by atoms with van der Waals surface area (Å²) in [5, 5.41) is 7.53. The first-order valence-electron chi connectivity index (χ1n) is 10.3. The number of nitrogens with one attached hydrogen (secondary N) is 1. The highest BCUT2D eigenvalue weighted by Crippen LogP contribution is 2.29. The van der Waals surface area contributed by atoms with Crippen LogP contribution in [-0.2, 0) is 17.8 Å². The van der Waals surface area contributed by atoms with E-state index in [1.54, 1.807) is 7.11 Å². The molecular formula is C24H27N3O3. The Bertz CT molecular complexity index is 971. The fourth-order valence-electron chi connectivity index (χ4n) is 3.84. The maximum atomic E-state index is 12.6. The van der Waals surface area contributed by atoms with Crippen molar-refractivity contribution in [1.82, 2.24) is 15.1 Å². The summed E-state index contributed by atoms with van der Waals surface area (Å²) in [6, 6.07) is 19.8. The Morgan fingerprint density at radius 2 is 1.90 bits per heavy atom. The van der Waals surface area contributed by atoms with E-state index in [0.717, 1.165) is 37.3 Å². The van der Waals surface area contributed by atoms with Gasteiger partial charge in [0.25, 0.3) is 0 Å². The second-order valence-corrected chi connectivity index (χ2v) is 7.57. The molecule has 30 heavy (non-hydrogen) atoms. The van der Waals surface area contributed by atoms with Crippen molar-refractivity contribution in [3.05, 3.63) is 77.6 Å². The van der Waals surface area contributed by atoms with E-state index in [-0.39, 0.29) is 11.8 Å². The Kier molecular flexibility index (Phi) is 6.32. The van der Waals surface area contributed by atoms with E-state index in [0.29, 0.717) is 24.5 Å². The number of rotatable bonds is 8. The Balaban J connectivity index is 1.28. The molecule has 1 atom stereocenters. The molecule has 0 spiro atoms. The number of amides is 1. The Hall–Kier alpha value is -3.28. The van der Waals surface area contributed by atoms with Gasteiger partial charge in [0.2, 0.25) is 5.91 Å². The van der Waals surface area contributed by atoms with Crippen LogP contribution in [0.1, 0.15) is 35.7 Å². The number of hydrogen-bond acceptors (Lipinski definition) is 4. The lowest BCUT2D eigenvalue weighted by molar-refractivity contribution is -0.130. The van der Waals surface area contributed by atoms with Gasteiger partial charge >= 0.3 is 0 Å². The third-order valence-corrected chi connectivity index (χ3v) is 5.53. The number of carbonyl (C=O) groups is 1. The maximum absolute atomic E-state index is 12.6. The summed E-state index contributed by atoms with van der Waals surface area (Å²) in [7, 11) is 1.63. The van der Waals surface area contributed by atoms with Crippen LogP contribution in [0.2, 0.25) is 0 Å². The lowest BCUT2D eigenvalue weighted by Gasteiger charge is -2.16. The molecule has 1 saturated heterocycles. The van der Waals surface area contributed by atoms with Gasteiger partial charge in [-0.05, 0) is 36.6 Å². The first kappa shape index (κ1) is 20.0. The second kappa shape index (κ2) is 9.48. The number of aryl methyl sites for hydroxylation is 1. The number of likely N-dealkylation sites (tertiary alicyclic amines) is 1. The molecule has 1 aromatic heterocycles. The van der Waals surface area contributed by atoms with E-state index in [9.17, 15) is 4.79 Å². The van der Waals surface area contributed by atoms with Crippen molar-refractivity contribution in [2.75, 3.05) is 20.2 Å². The summed E-state index contributed by atoms with van der Waals surface area (Å²) >= 11 is 0. The number of aromatic nitrogens is 2. The monoisotopic (exact) mass is 405 g/mol. The third-order valence-electron chi connectivity index (χ3n) is 5.53. The molecule has 1 fully saturated rings. The first-order chi connectivity index (χ1) is 14.7. The van der Waals surface area contributed by atoms with Gasteiger partial charge in [-0.25, -0.2) is 0 Å². The number of benzene rings is 2. The van der Waals surface area contributed by atoms with Gasteiger partial charge in [0.05, 0.1) is 18.5 Å². The molecule has 1 unspecified atom stereocenters. The number of methoxy groups -OCH3 is 1. The van der Waals surface area contributed by atoms with Crippen molar-refractivity contribution in [2.24, 2.45) is 0 Å². The lowest BCUT2D eigenvalue weighted by atomic mass is 10.1. The predicted octanol–water partition coefficient (Wildman–Crippen LogP) is 3.95. The van der Waals surface area contributed by atoms with E-state index in [1.807, 2.05) is 53.4 Å². The normalized spacial score (nSPS) is 15.9. The molecule has 0 radical (unpaired) electrons. The minimum Gasteiger partial charge on any atom is -0.493 e. The van der Waals surface area contributed by atoms with Crippen LogP contribution in [0.15, 0.2) is 60.7 Å².